The molecule has 0 saturated carbocycles. The van der Waals surface area contributed by atoms with Gasteiger partial charge in [-0.3, -0.25) is 0 Å². The van der Waals surface area contributed by atoms with Gasteiger partial charge in [-0.1, -0.05) is 0 Å². The molecule has 14 heavy (non-hydrogen) atoms. The van der Waals surface area contributed by atoms with Crippen molar-refractivity contribution in [1.29, 1.82) is 0 Å². The van der Waals surface area contributed by atoms with E-state index in [1.54, 1.807) is 0 Å². The van der Waals surface area contributed by atoms with Crippen LogP contribution in [-0.4, -0.2) is 37.8 Å². The largest absolute Gasteiger partial charge is 0.467 e. The van der Waals surface area contributed by atoms with Gasteiger partial charge in [0, 0.05) is 20.3 Å². The van der Waals surface area contributed by atoms with E-state index < -0.39 is 24.0 Å². The van der Waals surface area contributed by atoms with Gasteiger partial charge in [0.25, 0.3) is 0 Å². The summed E-state index contributed by atoms with van der Waals surface area (Å²) in [6.45, 7) is -1.30. The van der Waals surface area contributed by atoms with Crippen molar-refractivity contribution in [3.8, 4) is 0 Å². The minimum absolute atomic E-state index is 0.150. The predicted octanol–water partition coefficient (Wildman–Crippen LogP) is 2.36. The summed E-state index contributed by atoms with van der Waals surface area (Å²) in [5, 5.41) is 0. The molecule has 0 bridgehead atoms. The summed E-state index contributed by atoms with van der Waals surface area (Å²) in [4.78, 5) is -1.47. The first-order valence-electron chi connectivity index (χ1n) is 3.59. The first-order valence-corrected chi connectivity index (χ1v) is 3.59. The predicted molar refractivity (Wildman–Crippen MR) is 35.3 cm³/mol. The normalized spacial score (nSPS) is 13.7. The van der Waals surface area contributed by atoms with Gasteiger partial charge in [-0.05, 0) is 6.42 Å². The SMILES string of the molecule is COCCCN(C(F)(F)F)C(F)(F)F. The van der Waals surface area contributed by atoms with E-state index in [0.717, 1.165) is 0 Å². The van der Waals surface area contributed by atoms with Gasteiger partial charge in [-0.25, -0.2) is 0 Å². The van der Waals surface area contributed by atoms with E-state index in [0.29, 0.717) is 0 Å². The molecular formula is C6H9F6NO. The Bertz CT molecular complexity index is 151. The quantitative estimate of drug-likeness (QED) is 0.413. The molecule has 0 saturated heterocycles. The highest BCUT2D eigenvalue weighted by molar-refractivity contribution is 4.63. The number of rotatable bonds is 4. The maximum atomic E-state index is 11.8. The average molecular weight is 225 g/mol. The van der Waals surface area contributed by atoms with Gasteiger partial charge in [0.1, 0.15) is 0 Å². The fraction of sp³-hybridized carbons (Fsp3) is 1.00. The molecule has 0 N–H and O–H groups in total. The number of methoxy groups -OCH3 is 1. The maximum absolute atomic E-state index is 11.8. The third-order valence-corrected chi connectivity index (χ3v) is 1.34. The van der Waals surface area contributed by atoms with E-state index >= 15 is 0 Å². The van der Waals surface area contributed by atoms with Crippen LogP contribution in [0, 0.1) is 0 Å². The average Bonchev–Trinajstić information content (AvgIpc) is 1.92. The Balaban J connectivity index is 4.28. The second kappa shape index (κ2) is 4.83. The first-order chi connectivity index (χ1) is 6.19. The molecule has 0 aliphatic rings. The monoisotopic (exact) mass is 225 g/mol. The zero-order valence-corrected chi connectivity index (χ0v) is 7.24. The van der Waals surface area contributed by atoms with Crippen LogP contribution in [0.4, 0.5) is 26.3 Å². The molecule has 0 aliphatic carbocycles. The molecule has 8 heteroatoms. The highest BCUT2D eigenvalue weighted by atomic mass is 19.4. The summed E-state index contributed by atoms with van der Waals surface area (Å²) in [7, 11) is 1.20. The van der Waals surface area contributed by atoms with E-state index in [1.807, 2.05) is 0 Å². The zero-order chi connectivity index (χ0) is 11.4. The van der Waals surface area contributed by atoms with E-state index in [-0.39, 0.29) is 13.0 Å². The Labute approximate surface area is 76.4 Å². The van der Waals surface area contributed by atoms with Crippen molar-refractivity contribution in [2.24, 2.45) is 0 Å². The van der Waals surface area contributed by atoms with Gasteiger partial charge >= 0.3 is 12.6 Å². The van der Waals surface area contributed by atoms with Crippen molar-refractivity contribution < 1.29 is 31.1 Å². The number of halogens is 6. The lowest BCUT2D eigenvalue weighted by atomic mass is 10.4. The second-order valence-corrected chi connectivity index (χ2v) is 2.43. The summed E-state index contributed by atoms with van der Waals surface area (Å²) in [6, 6.07) is 0. The molecule has 0 radical (unpaired) electrons. The molecule has 0 aromatic rings. The van der Waals surface area contributed by atoms with Crippen LogP contribution in [0.1, 0.15) is 6.42 Å². The van der Waals surface area contributed by atoms with Crippen LogP contribution in [0.3, 0.4) is 0 Å². The van der Waals surface area contributed by atoms with E-state index in [9.17, 15) is 26.3 Å². The van der Waals surface area contributed by atoms with Gasteiger partial charge in [0.15, 0.2) is 0 Å². The number of nitrogens with zero attached hydrogens (tertiary/aromatic N) is 1. The lowest BCUT2D eigenvalue weighted by Gasteiger charge is -2.26. The van der Waals surface area contributed by atoms with Crippen LogP contribution in [0.5, 0.6) is 0 Å². The Morgan fingerprint density at radius 3 is 1.71 bits per heavy atom. The molecule has 0 unspecified atom stereocenters. The zero-order valence-electron chi connectivity index (χ0n) is 7.24. The van der Waals surface area contributed by atoms with Gasteiger partial charge in [0.05, 0.1) is 0 Å². The Hall–Kier alpha value is -0.500. The Kier molecular flexibility index (Phi) is 4.66. The summed E-state index contributed by atoms with van der Waals surface area (Å²) >= 11 is 0. The molecule has 0 heterocycles. The Morgan fingerprint density at radius 1 is 1.00 bits per heavy atom. The number of alkyl halides is 6. The molecule has 2 nitrogen and oxygen atoms in total. The minimum atomic E-state index is -5.40. The van der Waals surface area contributed by atoms with Crippen molar-refractivity contribution in [3.05, 3.63) is 0 Å². The smallest absolute Gasteiger partial charge is 0.385 e. The lowest BCUT2D eigenvalue weighted by Crippen LogP contribution is -2.48. The number of hydrogen-bond acceptors (Lipinski definition) is 2. The van der Waals surface area contributed by atoms with Crippen LogP contribution < -0.4 is 0 Å². The van der Waals surface area contributed by atoms with Crippen LogP contribution in [0.2, 0.25) is 0 Å². The van der Waals surface area contributed by atoms with E-state index in [2.05, 4.69) is 4.74 Å². The van der Waals surface area contributed by atoms with Crippen LogP contribution in [-0.2, 0) is 4.74 Å². The van der Waals surface area contributed by atoms with Gasteiger partial charge in [-0.2, -0.15) is 26.3 Å². The molecule has 0 aromatic carbocycles. The van der Waals surface area contributed by atoms with Crippen molar-refractivity contribution in [1.82, 2.24) is 4.90 Å². The van der Waals surface area contributed by atoms with Gasteiger partial charge < -0.3 is 4.74 Å². The van der Waals surface area contributed by atoms with Gasteiger partial charge in [-0.15, -0.1) is 4.90 Å². The molecule has 0 rings (SSSR count). The maximum Gasteiger partial charge on any atom is 0.467 e. The molecular weight excluding hydrogens is 216 g/mol. The molecule has 0 atom stereocenters. The summed E-state index contributed by atoms with van der Waals surface area (Å²) in [5.41, 5.74) is 0. The van der Waals surface area contributed by atoms with Crippen molar-refractivity contribution >= 4 is 0 Å². The topological polar surface area (TPSA) is 12.5 Å². The van der Waals surface area contributed by atoms with Gasteiger partial charge in [0.2, 0.25) is 0 Å². The first kappa shape index (κ1) is 13.5. The third-order valence-electron chi connectivity index (χ3n) is 1.34. The Morgan fingerprint density at radius 2 is 1.43 bits per heavy atom. The second-order valence-electron chi connectivity index (χ2n) is 2.43. The van der Waals surface area contributed by atoms with Crippen molar-refractivity contribution in [2.75, 3.05) is 20.3 Å². The summed E-state index contributed by atoms with van der Waals surface area (Å²) in [6.07, 6.45) is -11.1. The van der Waals surface area contributed by atoms with E-state index in [1.165, 1.54) is 7.11 Å². The number of hydrogen-bond donors (Lipinski definition) is 0. The molecule has 0 aliphatic heterocycles. The standard InChI is InChI=1S/C6H9F6NO/c1-14-4-2-3-13(5(7,8)9)6(10,11)12/h2-4H2,1H3. The van der Waals surface area contributed by atoms with Crippen LogP contribution in [0.25, 0.3) is 0 Å². The molecule has 0 spiro atoms. The van der Waals surface area contributed by atoms with Crippen molar-refractivity contribution in [3.63, 3.8) is 0 Å². The van der Waals surface area contributed by atoms with Crippen LogP contribution >= 0.6 is 0 Å². The van der Waals surface area contributed by atoms with Crippen molar-refractivity contribution in [2.45, 2.75) is 19.0 Å². The lowest BCUT2D eigenvalue weighted by molar-refractivity contribution is -0.373. The molecule has 0 fully saturated rings. The van der Waals surface area contributed by atoms with E-state index in [4.69, 9.17) is 0 Å². The highest BCUT2D eigenvalue weighted by Crippen LogP contribution is 2.33. The van der Waals surface area contributed by atoms with Crippen LogP contribution in [0.15, 0.2) is 0 Å². The fourth-order valence-electron chi connectivity index (χ4n) is 0.764. The molecule has 0 aromatic heterocycles. The molecule has 0 amide bonds. The fourth-order valence-corrected chi connectivity index (χ4v) is 0.764. The molecule has 86 valence electrons. The third kappa shape index (κ3) is 4.66. The summed E-state index contributed by atoms with van der Waals surface area (Å²) < 4.78 is 75.2. The number of ether oxygens (including phenoxy) is 1. The minimum Gasteiger partial charge on any atom is -0.385 e. The highest BCUT2D eigenvalue weighted by Gasteiger charge is 2.53. The summed E-state index contributed by atoms with van der Waals surface area (Å²) in [5.74, 6) is 0.